The summed E-state index contributed by atoms with van der Waals surface area (Å²) in [4.78, 5) is 0. The van der Waals surface area contributed by atoms with Crippen LogP contribution in [0.4, 0.5) is 0 Å². The van der Waals surface area contributed by atoms with E-state index in [1.807, 2.05) is 36.4 Å². The molecule has 2 N–H and O–H groups in total. The lowest BCUT2D eigenvalue weighted by molar-refractivity contribution is 0.407. The van der Waals surface area contributed by atoms with Gasteiger partial charge in [-0.25, -0.2) is 0 Å². The Morgan fingerprint density at radius 2 is 1.86 bits per heavy atom. The van der Waals surface area contributed by atoms with E-state index in [0.717, 1.165) is 29.0 Å². The molecule has 21 heavy (non-hydrogen) atoms. The van der Waals surface area contributed by atoms with Crippen molar-refractivity contribution in [3.63, 3.8) is 0 Å². The van der Waals surface area contributed by atoms with Gasteiger partial charge in [-0.1, -0.05) is 23.7 Å². The van der Waals surface area contributed by atoms with Gasteiger partial charge >= 0.3 is 0 Å². The minimum Gasteiger partial charge on any atom is -0.497 e. The number of ether oxygens (including phenoxy) is 2. The van der Waals surface area contributed by atoms with E-state index < -0.39 is 0 Å². The third-order valence-corrected chi connectivity index (χ3v) is 3.59. The number of nitrogens with two attached hydrogens (primary N) is 1. The third kappa shape index (κ3) is 4.38. The first-order chi connectivity index (χ1) is 10.1. The highest BCUT2D eigenvalue weighted by atomic mass is 35.5. The lowest BCUT2D eigenvalue weighted by Gasteiger charge is -2.15. The highest BCUT2D eigenvalue weighted by Gasteiger charge is 2.11. The Balaban J connectivity index is 2.07. The van der Waals surface area contributed by atoms with E-state index in [-0.39, 0.29) is 6.04 Å². The normalized spacial score (nSPS) is 12.0. The summed E-state index contributed by atoms with van der Waals surface area (Å²) in [7, 11) is 3.32. The van der Waals surface area contributed by atoms with E-state index in [4.69, 9.17) is 26.8 Å². The van der Waals surface area contributed by atoms with Gasteiger partial charge in [0, 0.05) is 11.1 Å². The zero-order valence-corrected chi connectivity index (χ0v) is 13.1. The van der Waals surface area contributed by atoms with Crippen LogP contribution in [0.5, 0.6) is 11.5 Å². The van der Waals surface area contributed by atoms with Gasteiger partial charge in [0.2, 0.25) is 0 Å². The topological polar surface area (TPSA) is 44.5 Å². The Morgan fingerprint density at radius 3 is 2.57 bits per heavy atom. The van der Waals surface area contributed by atoms with Crippen LogP contribution in [0.3, 0.4) is 0 Å². The Hall–Kier alpha value is -1.71. The first kappa shape index (κ1) is 15.7. The Labute approximate surface area is 130 Å². The number of halogens is 1. The van der Waals surface area contributed by atoms with E-state index in [0.29, 0.717) is 11.4 Å². The number of methoxy groups -OCH3 is 2. The number of hydrogen-bond acceptors (Lipinski definition) is 3. The molecule has 1 atom stereocenters. The molecule has 0 heterocycles. The maximum absolute atomic E-state index is 6.26. The quantitative estimate of drug-likeness (QED) is 0.889. The number of hydrogen-bond donors (Lipinski definition) is 1. The van der Waals surface area contributed by atoms with Crippen molar-refractivity contribution < 1.29 is 9.47 Å². The van der Waals surface area contributed by atoms with E-state index in [9.17, 15) is 0 Å². The average Bonchev–Trinajstić information content (AvgIpc) is 2.47. The minimum atomic E-state index is -0.00975. The van der Waals surface area contributed by atoms with Gasteiger partial charge in [0.25, 0.3) is 0 Å². The predicted molar refractivity (Wildman–Crippen MR) is 86.4 cm³/mol. The summed E-state index contributed by atoms with van der Waals surface area (Å²) in [6.45, 7) is 0. The van der Waals surface area contributed by atoms with Gasteiger partial charge in [0.15, 0.2) is 0 Å². The van der Waals surface area contributed by atoms with Gasteiger partial charge in [0.1, 0.15) is 11.5 Å². The Kier molecular flexibility index (Phi) is 5.48. The van der Waals surface area contributed by atoms with E-state index in [1.54, 1.807) is 14.2 Å². The molecule has 1 unspecified atom stereocenters. The Bertz CT molecular complexity index is 601. The highest BCUT2D eigenvalue weighted by Crippen LogP contribution is 2.24. The van der Waals surface area contributed by atoms with Crippen molar-refractivity contribution >= 4 is 11.6 Å². The Morgan fingerprint density at radius 1 is 1.05 bits per heavy atom. The highest BCUT2D eigenvalue weighted by molar-refractivity contribution is 6.30. The summed E-state index contributed by atoms with van der Waals surface area (Å²) in [6, 6.07) is 13.5. The van der Waals surface area contributed by atoms with E-state index in [2.05, 4.69) is 6.07 Å². The smallest absolute Gasteiger partial charge is 0.122 e. The lowest BCUT2D eigenvalue weighted by atomic mass is 9.99. The summed E-state index contributed by atoms with van der Waals surface area (Å²) in [5.41, 5.74) is 8.45. The van der Waals surface area contributed by atoms with Crippen LogP contribution in [0.2, 0.25) is 5.02 Å². The van der Waals surface area contributed by atoms with Crippen molar-refractivity contribution in [2.75, 3.05) is 14.2 Å². The molecule has 0 saturated heterocycles. The van der Waals surface area contributed by atoms with Crippen LogP contribution in [0.25, 0.3) is 0 Å². The standard InChI is InChI=1S/C17H20ClNO2/c1-20-16-5-3-4-12(9-16)8-15(19)11-13-10-14(18)6-7-17(13)21-2/h3-7,9-10,15H,8,11,19H2,1-2H3. The van der Waals surface area contributed by atoms with Crippen LogP contribution in [-0.4, -0.2) is 20.3 Å². The minimum absolute atomic E-state index is 0.00975. The van der Waals surface area contributed by atoms with Crippen molar-refractivity contribution in [3.8, 4) is 11.5 Å². The second-order valence-electron chi connectivity index (χ2n) is 4.98. The van der Waals surface area contributed by atoms with Gasteiger partial charge < -0.3 is 15.2 Å². The second kappa shape index (κ2) is 7.34. The molecule has 4 heteroatoms. The molecule has 0 aliphatic carbocycles. The van der Waals surface area contributed by atoms with Gasteiger partial charge in [-0.2, -0.15) is 0 Å². The van der Waals surface area contributed by atoms with Gasteiger partial charge in [-0.3, -0.25) is 0 Å². The average molecular weight is 306 g/mol. The molecule has 112 valence electrons. The molecule has 0 bridgehead atoms. The molecular weight excluding hydrogens is 286 g/mol. The maximum Gasteiger partial charge on any atom is 0.122 e. The van der Waals surface area contributed by atoms with Crippen LogP contribution in [0.1, 0.15) is 11.1 Å². The lowest BCUT2D eigenvalue weighted by Crippen LogP contribution is -2.25. The SMILES string of the molecule is COc1cccc(CC(N)Cc2cc(Cl)ccc2OC)c1. The third-order valence-electron chi connectivity index (χ3n) is 3.36. The molecule has 2 aromatic carbocycles. The fourth-order valence-corrected chi connectivity index (χ4v) is 2.56. The largest absolute Gasteiger partial charge is 0.497 e. The fraction of sp³-hybridized carbons (Fsp3) is 0.294. The molecule has 0 spiro atoms. The molecule has 0 aromatic heterocycles. The van der Waals surface area contributed by atoms with E-state index >= 15 is 0 Å². The summed E-state index contributed by atoms with van der Waals surface area (Å²) in [6.07, 6.45) is 1.48. The second-order valence-corrected chi connectivity index (χ2v) is 5.41. The van der Waals surface area contributed by atoms with Crippen LogP contribution in [0.15, 0.2) is 42.5 Å². The number of benzene rings is 2. The molecule has 2 aromatic rings. The van der Waals surface area contributed by atoms with Crippen molar-refractivity contribution in [1.29, 1.82) is 0 Å². The number of rotatable bonds is 6. The first-order valence-corrected chi connectivity index (χ1v) is 7.21. The van der Waals surface area contributed by atoms with Crippen molar-refractivity contribution in [2.45, 2.75) is 18.9 Å². The van der Waals surface area contributed by atoms with Crippen molar-refractivity contribution in [1.82, 2.24) is 0 Å². The summed E-state index contributed by atoms with van der Waals surface area (Å²) >= 11 is 6.04. The first-order valence-electron chi connectivity index (χ1n) is 6.83. The van der Waals surface area contributed by atoms with Crippen molar-refractivity contribution in [2.24, 2.45) is 5.73 Å². The predicted octanol–water partition coefficient (Wildman–Crippen LogP) is 3.47. The molecule has 2 rings (SSSR count). The molecule has 0 aliphatic heterocycles. The monoisotopic (exact) mass is 305 g/mol. The summed E-state index contributed by atoms with van der Waals surface area (Å²) in [5, 5.41) is 0.694. The van der Waals surface area contributed by atoms with Crippen molar-refractivity contribution in [3.05, 3.63) is 58.6 Å². The molecule has 0 fully saturated rings. The van der Waals surface area contributed by atoms with Gasteiger partial charge in [0.05, 0.1) is 14.2 Å². The van der Waals surface area contributed by atoms with Crippen LogP contribution in [0, 0.1) is 0 Å². The zero-order chi connectivity index (χ0) is 15.2. The zero-order valence-electron chi connectivity index (χ0n) is 12.3. The maximum atomic E-state index is 6.26. The molecule has 0 amide bonds. The van der Waals surface area contributed by atoms with Gasteiger partial charge in [-0.15, -0.1) is 0 Å². The molecule has 0 aliphatic rings. The molecule has 3 nitrogen and oxygen atoms in total. The van der Waals surface area contributed by atoms with Crippen LogP contribution in [-0.2, 0) is 12.8 Å². The summed E-state index contributed by atoms with van der Waals surface area (Å²) < 4.78 is 10.6. The molecule has 0 radical (unpaired) electrons. The van der Waals surface area contributed by atoms with Crippen LogP contribution >= 0.6 is 11.6 Å². The fourth-order valence-electron chi connectivity index (χ4n) is 2.36. The van der Waals surface area contributed by atoms with Crippen LogP contribution < -0.4 is 15.2 Å². The summed E-state index contributed by atoms with van der Waals surface area (Å²) in [5.74, 6) is 1.67. The molecular formula is C17H20ClNO2. The van der Waals surface area contributed by atoms with Gasteiger partial charge in [-0.05, 0) is 54.3 Å². The molecule has 0 saturated carbocycles. The van der Waals surface area contributed by atoms with E-state index in [1.165, 1.54) is 0 Å².